The molecule has 0 N–H and O–H groups in total. The van der Waals surface area contributed by atoms with Gasteiger partial charge in [0.1, 0.15) is 17.0 Å². The molecular weight excluding hydrogens is 424 g/mol. The predicted octanol–water partition coefficient (Wildman–Crippen LogP) is 5.89. The van der Waals surface area contributed by atoms with Crippen LogP contribution in [0.1, 0.15) is 81.5 Å². The Morgan fingerprint density at radius 3 is 1.24 bits per heavy atom. The Kier molecular flexibility index (Phi) is 11.5. The number of carbonyl (C=O) groups excluding carboxylic acids is 3. The lowest BCUT2D eigenvalue weighted by molar-refractivity contribution is -0.325. The van der Waals surface area contributed by atoms with E-state index < -0.39 is 23.1 Å². The molecule has 0 bridgehead atoms. The van der Waals surface area contributed by atoms with Gasteiger partial charge in [-0.1, -0.05) is 43.3 Å². The summed E-state index contributed by atoms with van der Waals surface area (Å²) in [4.78, 5) is 54.3. The van der Waals surface area contributed by atoms with Gasteiger partial charge in [-0.25, -0.2) is 9.59 Å². The van der Waals surface area contributed by atoms with E-state index in [0.29, 0.717) is 30.4 Å². The molecule has 33 heavy (non-hydrogen) atoms. The summed E-state index contributed by atoms with van der Waals surface area (Å²) in [6.07, 6.45) is 1.68. The maximum atomic E-state index is 12.0. The first-order valence-electron chi connectivity index (χ1n) is 10.9. The molecule has 7 nitrogen and oxygen atoms in total. The molecule has 0 radical (unpaired) electrons. The summed E-state index contributed by atoms with van der Waals surface area (Å²) >= 11 is 0. The van der Waals surface area contributed by atoms with E-state index in [1.165, 1.54) is 0 Å². The molecule has 2 aromatic carbocycles. The first kappa shape index (κ1) is 28.0. The normalized spacial score (nSPS) is 11.1. The lowest BCUT2D eigenvalue weighted by atomic mass is 9.94. The summed E-state index contributed by atoms with van der Waals surface area (Å²) in [6, 6.07) is 17.2. The van der Waals surface area contributed by atoms with E-state index in [1.54, 1.807) is 83.1 Å². The van der Waals surface area contributed by atoms with E-state index >= 15 is 0 Å². The van der Waals surface area contributed by atoms with Gasteiger partial charge < -0.3 is 4.79 Å². The van der Waals surface area contributed by atoms with Crippen molar-refractivity contribution in [1.29, 1.82) is 0 Å². The quantitative estimate of drug-likeness (QED) is 0.324. The van der Waals surface area contributed by atoms with Gasteiger partial charge in [0.25, 0.3) is 0 Å². The Morgan fingerprint density at radius 2 is 0.970 bits per heavy atom. The fraction of sp³-hybridized carbons (Fsp3) is 0.423. The molecule has 0 fully saturated rings. The smallest absolute Gasteiger partial charge is 0.300 e. The summed E-state index contributed by atoms with van der Waals surface area (Å²) < 4.78 is 0. The third-order valence-corrected chi connectivity index (χ3v) is 4.53. The molecule has 2 aromatic rings. The Morgan fingerprint density at radius 1 is 0.667 bits per heavy atom. The van der Waals surface area contributed by atoms with Crippen LogP contribution in [0.4, 0.5) is 0 Å². The number of hydrogen-bond acceptors (Lipinski definition) is 7. The van der Waals surface area contributed by atoms with Crippen LogP contribution < -0.4 is 0 Å². The molecule has 7 heteroatoms. The largest absolute Gasteiger partial charge is 0.373 e. The Balaban J connectivity index is 0.000000981. The first-order chi connectivity index (χ1) is 15.5. The van der Waals surface area contributed by atoms with Gasteiger partial charge in [0.15, 0.2) is 0 Å². The number of rotatable bonds is 10. The molecule has 0 spiro atoms. The molecule has 0 aliphatic carbocycles. The zero-order valence-electron chi connectivity index (χ0n) is 20.3. The number of hydrogen-bond donors (Lipinski definition) is 0. The van der Waals surface area contributed by atoms with Crippen molar-refractivity contribution in [1.82, 2.24) is 0 Å². The van der Waals surface area contributed by atoms with Gasteiger partial charge in [-0.3, -0.25) is 9.78 Å². The van der Waals surface area contributed by atoms with Crippen molar-refractivity contribution >= 4 is 17.7 Å². The van der Waals surface area contributed by atoms with Gasteiger partial charge in [-0.15, -0.1) is 0 Å². The number of carbonyl (C=O) groups is 3. The topological polar surface area (TPSA) is 88.1 Å². The third-order valence-electron chi connectivity index (χ3n) is 4.53. The minimum absolute atomic E-state index is 0.255. The minimum Gasteiger partial charge on any atom is -0.300 e. The van der Waals surface area contributed by atoms with E-state index in [0.717, 1.165) is 0 Å². The lowest BCUT2D eigenvalue weighted by Gasteiger charge is -2.28. The lowest BCUT2D eigenvalue weighted by Crippen LogP contribution is -2.32. The van der Waals surface area contributed by atoms with Gasteiger partial charge >= 0.3 is 11.9 Å². The molecule has 0 saturated carbocycles. The zero-order valence-corrected chi connectivity index (χ0v) is 20.3. The summed E-state index contributed by atoms with van der Waals surface area (Å²) in [5, 5.41) is 0. The third kappa shape index (κ3) is 12.0. The average molecular weight is 459 g/mol. The second kappa shape index (κ2) is 13.5. The van der Waals surface area contributed by atoms with Crippen molar-refractivity contribution in [2.75, 3.05) is 0 Å². The minimum atomic E-state index is -0.742. The highest BCUT2D eigenvalue weighted by atomic mass is 17.2. The molecule has 0 aromatic heterocycles. The molecule has 0 aliphatic heterocycles. The summed E-state index contributed by atoms with van der Waals surface area (Å²) in [5.41, 5.74) is -0.659. The first-order valence-corrected chi connectivity index (χ1v) is 10.9. The van der Waals surface area contributed by atoms with Crippen LogP contribution >= 0.6 is 0 Å². The van der Waals surface area contributed by atoms with E-state index in [4.69, 9.17) is 19.6 Å². The van der Waals surface area contributed by atoms with Crippen molar-refractivity contribution in [3.8, 4) is 0 Å². The van der Waals surface area contributed by atoms with Crippen molar-refractivity contribution in [3.63, 3.8) is 0 Å². The van der Waals surface area contributed by atoms with Crippen LogP contribution in [-0.4, -0.2) is 28.9 Å². The van der Waals surface area contributed by atoms with Gasteiger partial charge in [-0.05, 0) is 71.7 Å². The van der Waals surface area contributed by atoms with Gasteiger partial charge in [-0.2, -0.15) is 9.78 Å². The van der Waals surface area contributed by atoms with Gasteiger partial charge in [0.2, 0.25) is 0 Å². The molecule has 0 unspecified atom stereocenters. The van der Waals surface area contributed by atoms with Crippen LogP contribution in [0.15, 0.2) is 60.7 Å². The second-order valence-corrected chi connectivity index (χ2v) is 8.72. The van der Waals surface area contributed by atoms with E-state index in [9.17, 15) is 14.4 Å². The second-order valence-electron chi connectivity index (χ2n) is 8.72. The SMILES string of the molecule is CC(C)(CCC(C)(C)OOC(=O)c1ccccc1)OOC(=O)c1ccccc1.CCC(C)=O. The predicted molar refractivity (Wildman–Crippen MR) is 124 cm³/mol. The maximum Gasteiger partial charge on any atom is 0.373 e. The highest BCUT2D eigenvalue weighted by molar-refractivity contribution is 5.89. The van der Waals surface area contributed by atoms with Crippen LogP contribution in [0, 0.1) is 0 Å². The number of benzene rings is 2. The van der Waals surface area contributed by atoms with Gasteiger partial charge in [0, 0.05) is 6.42 Å². The average Bonchev–Trinajstić information content (AvgIpc) is 2.81. The van der Waals surface area contributed by atoms with E-state index in [1.807, 2.05) is 19.1 Å². The molecular formula is C26H34O7. The number of Topliss-reactive ketones (excluding diaryl/α,β-unsaturated/α-hetero) is 1. The van der Waals surface area contributed by atoms with Crippen LogP contribution in [0.2, 0.25) is 0 Å². The fourth-order valence-corrected chi connectivity index (χ4v) is 2.23. The fourth-order valence-electron chi connectivity index (χ4n) is 2.23. The highest BCUT2D eigenvalue weighted by Crippen LogP contribution is 2.26. The summed E-state index contributed by atoms with van der Waals surface area (Å²) in [6.45, 7) is 10.6. The van der Waals surface area contributed by atoms with E-state index in [-0.39, 0.29) is 5.78 Å². The van der Waals surface area contributed by atoms with Crippen molar-refractivity contribution in [3.05, 3.63) is 71.8 Å². The molecule has 0 heterocycles. The summed E-state index contributed by atoms with van der Waals surface area (Å²) in [7, 11) is 0. The Hall–Kier alpha value is -3.03. The maximum absolute atomic E-state index is 12.0. The van der Waals surface area contributed by atoms with Crippen molar-refractivity contribution in [2.24, 2.45) is 0 Å². The Labute approximate surface area is 195 Å². The van der Waals surface area contributed by atoms with Crippen LogP contribution in [0.5, 0.6) is 0 Å². The molecule has 0 aliphatic rings. The molecule has 0 atom stereocenters. The molecule has 180 valence electrons. The number of ketones is 1. The molecule has 2 rings (SSSR count). The van der Waals surface area contributed by atoms with Crippen LogP contribution in [0.25, 0.3) is 0 Å². The van der Waals surface area contributed by atoms with Crippen molar-refractivity contribution < 1.29 is 33.9 Å². The monoisotopic (exact) mass is 458 g/mol. The molecule has 0 saturated heterocycles. The highest BCUT2D eigenvalue weighted by Gasteiger charge is 2.30. The van der Waals surface area contributed by atoms with E-state index in [2.05, 4.69) is 0 Å². The summed E-state index contributed by atoms with van der Waals surface area (Å²) in [5.74, 6) is -0.855. The zero-order chi connectivity index (χ0) is 24.9. The van der Waals surface area contributed by atoms with Crippen LogP contribution in [0.3, 0.4) is 0 Å². The van der Waals surface area contributed by atoms with Crippen molar-refractivity contribution in [2.45, 2.75) is 72.0 Å². The van der Waals surface area contributed by atoms with Crippen LogP contribution in [-0.2, 0) is 24.3 Å². The Bertz CT molecular complexity index is 807. The van der Waals surface area contributed by atoms with Gasteiger partial charge in [0.05, 0.1) is 11.1 Å². The molecule has 0 amide bonds. The standard InChI is InChI=1S/C22H26O6.C4H8O/c1-21(2,27-25-19(23)17-11-7-5-8-12-17)15-16-22(3,4)28-26-20(24)18-13-9-6-10-14-18;1-3-4(2)5/h5-14H,15-16H2,1-4H3;3H2,1-2H3.